The van der Waals surface area contributed by atoms with E-state index in [-0.39, 0.29) is 35.3 Å². The predicted molar refractivity (Wildman–Crippen MR) is 132 cm³/mol. The van der Waals surface area contributed by atoms with E-state index in [9.17, 15) is 4.79 Å². The Bertz CT molecular complexity index is 840. The van der Waals surface area contributed by atoms with Crippen molar-refractivity contribution in [2.24, 2.45) is 4.99 Å². The minimum absolute atomic E-state index is 0. The fraction of sp³-hybridized carbons (Fsp3) is 0.500. The second-order valence-electron chi connectivity index (χ2n) is 8.14. The quantitative estimate of drug-likeness (QED) is 0.327. The van der Waals surface area contributed by atoms with Crippen LogP contribution in [0.2, 0.25) is 0 Å². The molecule has 0 fully saturated rings. The Balaban J connectivity index is 0.00000450. The summed E-state index contributed by atoms with van der Waals surface area (Å²) in [6.07, 6.45) is 2.55. The summed E-state index contributed by atoms with van der Waals surface area (Å²) in [6, 6.07) is 7.72. The zero-order valence-corrected chi connectivity index (χ0v) is 21.1. The van der Waals surface area contributed by atoms with Crippen LogP contribution in [0, 0.1) is 0 Å². The van der Waals surface area contributed by atoms with Gasteiger partial charge < -0.3 is 20.0 Å². The number of oxazole rings is 1. The molecule has 166 valence electrons. The van der Waals surface area contributed by atoms with Crippen molar-refractivity contribution in [3.8, 4) is 0 Å². The summed E-state index contributed by atoms with van der Waals surface area (Å²) in [5, 5.41) is 6.55. The van der Waals surface area contributed by atoms with Gasteiger partial charge in [0.25, 0.3) is 5.91 Å². The normalized spacial score (nSPS) is 11.6. The second kappa shape index (κ2) is 11.9. The summed E-state index contributed by atoms with van der Waals surface area (Å²) in [6.45, 7) is 10.1. The van der Waals surface area contributed by atoms with Crippen molar-refractivity contribution in [2.45, 2.75) is 46.1 Å². The number of amides is 1. The first-order valence-electron chi connectivity index (χ1n) is 9.98. The molecule has 0 aliphatic rings. The molecule has 2 aromatic rings. The summed E-state index contributed by atoms with van der Waals surface area (Å²) in [4.78, 5) is 22.6. The lowest BCUT2D eigenvalue weighted by molar-refractivity contribution is 0.0827. The van der Waals surface area contributed by atoms with Crippen LogP contribution in [0.15, 0.2) is 39.9 Å². The first kappa shape index (κ1) is 25.9. The Labute approximate surface area is 196 Å². The third-order valence-corrected chi connectivity index (χ3v) is 4.30. The number of carbonyl (C=O) groups excluding carboxylic acids is 1. The number of benzene rings is 1. The van der Waals surface area contributed by atoms with E-state index in [0.29, 0.717) is 30.5 Å². The maximum Gasteiger partial charge on any atom is 0.253 e. The number of aliphatic imine (C=N–C) groups is 1. The molecule has 7 nitrogen and oxygen atoms in total. The molecule has 2 N–H and O–H groups in total. The lowest BCUT2D eigenvalue weighted by Gasteiger charge is -2.13. The zero-order valence-electron chi connectivity index (χ0n) is 18.8. The van der Waals surface area contributed by atoms with Crippen molar-refractivity contribution in [3.63, 3.8) is 0 Å². The van der Waals surface area contributed by atoms with Crippen LogP contribution in [0.4, 0.5) is 0 Å². The highest BCUT2D eigenvalue weighted by Gasteiger charge is 2.19. The van der Waals surface area contributed by atoms with Crippen LogP contribution in [-0.4, -0.2) is 48.9 Å². The van der Waals surface area contributed by atoms with E-state index >= 15 is 0 Å². The van der Waals surface area contributed by atoms with Crippen LogP contribution in [0.1, 0.15) is 55.3 Å². The smallest absolute Gasteiger partial charge is 0.253 e. The van der Waals surface area contributed by atoms with Gasteiger partial charge in [-0.2, -0.15) is 0 Å². The molecular weight excluding hydrogens is 493 g/mol. The van der Waals surface area contributed by atoms with Crippen molar-refractivity contribution < 1.29 is 9.21 Å². The maximum atomic E-state index is 12.1. The van der Waals surface area contributed by atoms with Crippen LogP contribution in [0.5, 0.6) is 0 Å². The van der Waals surface area contributed by atoms with E-state index in [1.165, 1.54) is 0 Å². The van der Waals surface area contributed by atoms with Crippen LogP contribution in [0.25, 0.3) is 0 Å². The molecule has 1 heterocycles. The van der Waals surface area contributed by atoms with Crippen LogP contribution in [0.3, 0.4) is 0 Å². The molecule has 0 saturated heterocycles. The maximum absolute atomic E-state index is 12.1. The molecule has 0 unspecified atom stereocenters. The molecule has 1 amide bonds. The molecule has 8 heteroatoms. The summed E-state index contributed by atoms with van der Waals surface area (Å²) in [5.74, 6) is 2.17. The number of hydrogen-bond donors (Lipinski definition) is 2. The number of halogens is 1. The predicted octanol–water partition coefficient (Wildman–Crippen LogP) is 3.59. The average Bonchev–Trinajstić information content (AvgIpc) is 3.15. The Hall–Kier alpha value is -2.10. The van der Waals surface area contributed by atoms with E-state index < -0.39 is 0 Å². The van der Waals surface area contributed by atoms with E-state index in [0.717, 1.165) is 24.3 Å². The van der Waals surface area contributed by atoms with Crippen molar-refractivity contribution in [1.29, 1.82) is 0 Å². The number of nitrogens with zero attached hydrogens (tertiary/aromatic N) is 3. The van der Waals surface area contributed by atoms with Crippen molar-refractivity contribution in [3.05, 3.63) is 53.2 Å². The number of nitrogens with one attached hydrogen (secondary N) is 2. The Morgan fingerprint density at radius 2 is 1.97 bits per heavy atom. The molecular formula is C22H34IN5O2. The molecule has 1 aromatic carbocycles. The summed E-state index contributed by atoms with van der Waals surface area (Å²) < 4.78 is 5.80. The standard InChI is InChI=1S/C22H33N5O2.HI/c1-7-23-21(26-15-19-25-14-18(29-19)22(2,3)4)24-12-11-16-9-8-10-17(13-16)20(28)27(5)6;/h8-10,13-14H,7,11-12,15H2,1-6H3,(H2,23,24,26);1H. The molecule has 2 rings (SSSR count). The van der Waals surface area contributed by atoms with Crippen molar-refractivity contribution >= 4 is 35.8 Å². The van der Waals surface area contributed by atoms with Crippen LogP contribution >= 0.6 is 24.0 Å². The highest BCUT2D eigenvalue weighted by atomic mass is 127. The van der Waals surface area contributed by atoms with E-state index in [1.54, 1.807) is 25.2 Å². The van der Waals surface area contributed by atoms with Gasteiger partial charge >= 0.3 is 0 Å². The topological polar surface area (TPSA) is 82.8 Å². The number of aromatic nitrogens is 1. The number of carbonyl (C=O) groups is 1. The van der Waals surface area contributed by atoms with E-state index in [4.69, 9.17) is 4.42 Å². The lowest BCUT2D eigenvalue weighted by atomic mass is 9.94. The molecule has 1 aromatic heterocycles. The second-order valence-corrected chi connectivity index (χ2v) is 8.14. The summed E-state index contributed by atoms with van der Waals surface area (Å²) in [7, 11) is 3.52. The van der Waals surface area contributed by atoms with Gasteiger partial charge in [0, 0.05) is 38.2 Å². The summed E-state index contributed by atoms with van der Waals surface area (Å²) in [5.41, 5.74) is 1.73. The van der Waals surface area contributed by atoms with Gasteiger partial charge in [-0.05, 0) is 31.0 Å². The lowest BCUT2D eigenvalue weighted by Crippen LogP contribution is -2.38. The molecule has 0 aliphatic carbocycles. The zero-order chi connectivity index (χ0) is 21.4. The molecule has 0 atom stereocenters. The van der Waals surface area contributed by atoms with Crippen LogP contribution in [-0.2, 0) is 18.4 Å². The third-order valence-electron chi connectivity index (χ3n) is 4.30. The van der Waals surface area contributed by atoms with Gasteiger partial charge in [-0.15, -0.1) is 24.0 Å². The Kier molecular flexibility index (Phi) is 10.3. The largest absolute Gasteiger partial charge is 0.443 e. The highest BCUT2D eigenvalue weighted by Crippen LogP contribution is 2.22. The van der Waals surface area contributed by atoms with Gasteiger partial charge in [-0.25, -0.2) is 9.98 Å². The van der Waals surface area contributed by atoms with Gasteiger partial charge in [0.05, 0.1) is 6.20 Å². The number of rotatable bonds is 7. The third kappa shape index (κ3) is 7.97. The fourth-order valence-corrected chi connectivity index (χ4v) is 2.66. The number of guanidine groups is 1. The van der Waals surface area contributed by atoms with Gasteiger partial charge in [0.2, 0.25) is 5.89 Å². The first-order chi connectivity index (χ1) is 13.7. The molecule has 0 saturated carbocycles. The highest BCUT2D eigenvalue weighted by molar-refractivity contribution is 14.0. The minimum Gasteiger partial charge on any atom is -0.443 e. The van der Waals surface area contributed by atoms with Crippen molar-refractivity contribution in [1.82, 2.24) is 20.5 Å². The Morgan fingerprint density at radius 1 is 1.23 bits per heavy atom. The first-order valence-corrected chi connectivity index (χ1v) is 9.98. The van der Waals surface area contributed by atoms with E-state index in [2.05, 4.69) is 41.4 Å². The fourth-order valence-electron chi connectivity index (χ4n) is 2.66. The minimum atomic E-state index is -0.0692. The Morgan fingerprint density at radius 3 is 2.57 bits per heavy atom. The summed E-state index contributed by atoms with van der Waals surface area (Å²) >= 11 is 0. The monoisotopic (exact) mass is 527 g/mol. The molecule has 0 aliphatic heterocycles. The van der Waals surface area contributed by atoms with Gasteiger partial charge in [-0.1, -0.05) is 32.9 Å². The SMILES string of the molecule is CCNC(=NCc1ncc(C(C)(C)C)o1)NCCc1cccc(C(=O)N(C)C)c1.I. The van der Waals surface area contributed by atoms with Gasteiger partial charge in [-0.3, -0.25) is 4.79 Å². The molecule has 0 bridgehead atoms. The molecule has 30 heavy (non-hydrogen) atoms. The molecule has 0 radical (unpaired) electrons. The van der Waals surface area contributed by atoms with E-state index in [1.807, 2.05) is 31.2 Å². The number of hydrogen-bond acceptors (Lipinski definition) is 4. The average molecular weight is 527 g/mol. The van der Waals surface area contributed by atoms with Gasteiger partial charge in [0.1, 0.15) is 12.3 Å². The van der Waals surface area contributed by atoms with Crippen LogP contribution < -0.4 is 10.6 Å². The molecule has 0 spiro atoms. The van der Waals surface area contributed by atoms with Gasteiger partial charge in [0.15, 0.2) is 5.96 Å². The van der Waals surface area contributed by atoms with Crippen molar-refractivity contribution in [2.75, 3.05) is 27.2 Å².